The first-order valence-corrected chi connectivity index (χ1v) is 5.43. The van der Waals surface area contributed by atoms with Gasteiger partial charge in [0.15, 0.2) is 0 Å². The molecular weight excluding hydrogens is 206 g/mol. The number of carboxylic acids is 1. The summed E-state index contributed by atoms with van der Waals surface area (Å²) in [7, 11) is 0. The second-order valence-corrected chi connectivity index (χ2v) is 3.59. The molecule has 0 spiro atoms. The molecular formula is C11H17N3O2. The van der Waals surface area contributed by atoms with Crippen LogP contribution >= 0.6 is 0 Å². The second kappa shape index (κ2) is 5.44. The zero-order valence-corrected chi connectivity index (χ0v) is 9.82. The lowest BCUT2D eigenvalue weighted by molar-refractivity contribution is -0.137. The van der Waals surface area contributed by atoms with Crippen LogP contribution in [0.5, 0.6) is 0 Å². The first kappa shape index (κ1) is 12.4. The molecule has 1 rings (SSSR count). The summed E-state index contributed by atoms with van der Waals surface area (Å²) < 4.78 is 0. The number of aromatic nitrogens is 2. The Labute approximate surface area is 94.9 Å². The maximum atomic E-state index is 10.7. The van der Waals surface area contributed by atoms with Gasteiger partial charge in [0, 0.05) is 11.4 Å². The van der Waals surface area contributed by atoms with Crippen LogP contribution in [0.3, 0.4) is 0 Å². The number of carbonyl (C=O) groups is 1. The maximum absolute atomic E-state index is 10.7. The van der Waals surface area contributed by atoms with E-state index in [9.17, 15) is 4.79 Å². The summed E-state index contributed by atoms with van der Waals surface area (Å²) in [5.41, 5.74) is 1.85. The molecule has 0 amide bonds. The molecule has 0 radical (unpaired) electrons. The molecule has 2 N–H and O–H groups in total. The molecule has 1 atom stereocenters. The summed E-state index contributed by atoms with van der Waals surface area (Å²) in [5.74, 6) is -0.519. The third kappa shape index (κ3) is 3.18. The van der Waals surface area contributed by atoms with E-state index in [4.69, 9.17) is 5.11 Å². The van der Waals surface area contributed by atoms with Crippen LogP contribution in [0, 0.1) is 0 Å². The fraction of sp³-hybridized carbons (Fsp3) is 0.545. The summed E-state index contributed by atoms with van der Waals surface area (Å²) in [5, 5.41) is 11.5. The third-order valence-corrected chi connectivity index (χ3v) is 2.27. The predicted octanol–water partition coefficient (Wildman–Crippen LogP) is 1.49. The molecule has 0 saturated heterocycles. The predicted molar refractivity (Wildman–Crippen MR) is 61.5 cm³/mol. The fourth-order valence-corrected chi connectivity index (χ4v) is 1.24. The standard InChI is InChI=1S/C11H17N3O2/c1-4-8-6-9(5-2)14-11(13-8)12-7(3)10(15)16/h6-7H,4-5H2,1-3H3,(H,15,16)(H,12,13,14). The first-order chi connectivity index (χ1) is 7.56. The molecule has 0 aliphatic carbocycles. The van der Waals surface area contributed by atoms with E-state index >= 15 is 0 Å². The Morgan fingerprint density at radius 3 is 2.25 bits per heavy atom. The zero-order chi connectivity index (χ0) is 12.1. The molecule has 1 unspecified atom stereocenters. The summed E-state index contributed by atoms with van der Waals surface area (Å²) in [6.07, 6.45) is 1.62. The minimum absolute atomic E-state index is 0.395. The van der Waals surface area contributed by atoms with Crippen molar-refractivity contribution in [1.82, 2.24) is 9.97 Å². The molecule has 5 nitrogen and oxygen atoms in total. The Balaban J connectivity index is 2.90. The highest BCUT2D eigenvalue weighted by atomic mass is 16.4. The van der Waals surface area contributed by atoms with Gasteiger partial charge in [-0.1, -0.05) is 13.8 Å². The van der Waals surface area contributed by atoms with Gasteiger partial charge in [0.2, 0.25) is 5.95 Å². The normalized spacial score (nSPS) is 12.2. The molecule has 16 heavy (non-hydrogen) atoms. The van der Waals surface area contributed by atoms with Crippen molar-refractivity contribution in [2.24, 2.45) is 0 Å². The zero-order valence-electron chi connectivity index (χ0n) is 9.82. The van der Waals surface area contributed by atoms with Gasteiger partial charge in [0.25, 0.3) is 0 Å². The Kier molecular flexibility index (Phi) is 4.22. The van der Waals surface area contributed by atoms with Gasteiger partial charge in [-0.2, -0.15) is 0 Å². The lowest BCUT2D eigenvalue weighted by Gasteiger charge is -2.11. The Morgan fingerprint density at radius 2 is 1.88 bits per heavy atom. The highest BCUT2D eigenvalue weighted by Gasteiger charge is 2.12. The van der Waals surface area contributed by atoms with E-state index in [0.717, 1.165) is 24.2 Å². The number of aryl methyl sites for hydroxylation is 2. The van der Waals surface area contributed by atoms with Gasteiger partial charge in [-0.3, -0.25) is 4.79 Å². The largest absolute Gasteiger partial charge is 0.480 e. The Hall–Kier alpha value is -1.65. The van der Waals surface area contributed by atoms with Crippen LogP contribution in [0.25, 0.3) is 0 Å². The van der Waals surface area contributed by atoms with E-state index in [1.165, 1.54) is 0 Å². The Bertz CT molecular complexity index is 357. The van der Waals surface area contributed by atoms with E-state index < -0.39 is 12.0 Å². The van der Waals surface area contributed by atoms with Crippen molar-refractivity contribution in [2.75, 3.05) is 5.32 Å². The average Bonchev–Trinajstić information content (AvgIpc) is 2.28. The SMILES string of the molecule is CCc1cc(CC)nc(NC(C)C(=O)O)n1. The number of carboxylic acid groups (broad SMARTS) is 1. The quantitative estimate of drug-likeness (QED) is 0.791. The van der Waals surface area contributed by atoms with Crippen LogP contribution in [-0.2, 0) is 17.6 Å². The van der Waals surface area contributed by atoms with Gasteiger partial charge in [0.05, 0.1) is 0 Å². The van der Waals surface area contributed by atoms with Crippen molar-refractivity contribution in [3.63, 3.8) is 0 Å². The second-order valence-electron chi connectivity index (χ2n) is 3.59. The van der Waals surface area contributed by atoms with E-state index in [1.54, 1.807) is 6.92 Å². The number of nitrogens with zero attached hydrogens (tertiary/aromatic N) is 2. The van der Waals surface area contributed by atoms with Crippen LogP contribution in [0.15, 0.2) is 6.07 Å². The molecule has 0 bridgehead atoms. The summed E-state index contributed by atoms with van der Waals surface area (Å²) in [4.78, 5) is 19.2. The van der Waals surface area contributed by atoms with Crippen molar-refractivity contribution >= 4 is 11.9 Å². The van der Waals surface area contributed by atoms with Crippen LogP contribution < -0.4 is 5.32 Å². The summed E-state index contributed by atoms with van der Waals surface area (Å²) in [6.45, 7) is 5.58. The molecule has 0 aromatic carbocycles. The number of nitrogens with one attached hydrogen (secondary N) is 1. The average molecular weight is 223 g/mol. The minimum Gasteiger partial charge on any atom is -0.480 e. The van der Waals surface area contributed by atoms with Crippen molar-refractivity contribution in [3.05, 3.63) is 17.5 Å². The van der Waals surface area contributed by atoms with Crippen LogP contribution in [0.4, 0.5) is 5.95 Å². The van der Waals surface area contributed by atoms with Crippen LogP contribution in [0.2, 0.25) is 0 Å². The van der Waals surface area contributed by atoms with Crippen molar-refractivity contribution in [1.29, 1.82) is 0 Å². The highest BCUT2D eigenvalue weighted by Crippen LogP contribution is 2.08. The van der Waals surface area contributed by atoms with E-state index in [2.05, 4.69) is 15.3 Å². The molecule has 5 heteroatoms. The number of rotatable bonds is 5. The number of anilines is 1. The Morgan fingerprint density at radius 1 is 1.38 bits per heavy atom. The van der Waals surface area contributed by atoms with Gasteiger partial charge in [-0.15, -0.1) is 0 Å². The maximum Gasteiger partial charge on any atom is 0.325 e. The van der Waals surface area contributed by atoms with Gasteiger partial charge < -0.3 is 10.4 Å². The van der Waals surface area contributed by atoms with Crippen molar-refractivity contribution in [2.45, 2.75) is 39.7 Å². The molecule has 88 valence electrons. The van der Waals surface area contributed by atoms with E-state index in [-0.39, 0.29) is 0 Å². The van der Waals surface area contributed by atoms with Crippen molar-refractivity contribution in [3.8, 4) is 0 Å². The van der Waals surface area contributed by atoms with Crippen molar-refractivity contribution < 1.29 is 9.90 Å². The number of hydrogen-bond acceptors (Lipinski definition) is 4. The van der Waals surface area contributed by atoms with E-state index in [1.807, 2.05) is 19.9 Å². The lowest BCUT2D eigenvalue weighted by atomic mass is 10.2. The molecule has 1 aromatic heterocycles. The molecule has 0 aliphatic rings. The van der Waals surface area contributed by atoms with Gasteiger partial charge in [-0.25, -0.2) is 9.97 Å². The van der Waals surface area contributed by atoms with Crippen LogP contribution in [-0.4, -0.2) is 27.1 Å². The lowest BCUT2D eigenvalue weighted by Crippen LogP contribution is -2.26. The highest BCUT2D eigenvalue weighted by molar-refractivity contribution is 5.75. The smallest absolute Gasteiger partial charge is 0.325 e. The summed E-state index contributed by atoms with van der Waals surface area (Å²) >= 11 is 0. The third-order valence-electron chi connectivity index (χ3n) is 2.27. The first-order valence-electron chi connectivity index (χ1n) is 5.43. The monoisotopic (exact) mass is 223 g/mol. The van der Waals surface area contributed by atoms with Gasteiger partial charge in [-0.05, 0) is 25.8 Å². The summed E-state index contributed by atoms with van der Waals surface area (Å²) in [6, 6.07) is 1.26. The molecule has 1 aromatic rings. The fourth-order valence-electron chi connectivity index (χ4n) is 1.24. The minimum atomic E-state index is -0.913. The molecule has 0 saturated carbocycles. The van der Waals surface area contributed by atoms with Gasteiger partial charge in [0.1, 0.15) is 6.04 Å². The molecule has 1 heterocycles. The topological polar surface area (TPSA) is 75.1 Å². The molecule has 0 fully saturated rings. The van der Waals surface area contributed by atoms with Crippen LogP contribution in [0.1, 0.15) is 32.2 Å². The number of hydrogen-bond donors (Lipinski definition) is 2. The molecule has 0 aliphatic heterocycles. The number of aliphatic carboxylic acids is 1. The van der Waals surface area contributed by atoms with E-state index in [0.29, 0.717) is 5.95 Å². The van der Waals surface area contributed by atoms with Gasteiger partial charge >= 0.3 is 5.97 Å².